The predicted octanol–water partition coefficient (Wildman–Crippen LogP) is 3.54. The number of hydrogen-bond donors (Lipinski definition) is 1. The number of hydrogen-bond acceptors (Lipinski definition) is 1. The van der Waals surface area contributed by atoms with Crippen molar-refractivity contribution in [2.75, 3.05) is 12.4 Å². The zero-order valence-corrected chi connectivity index (χ0v) is 8.59. The average molecular weight is 175 g/mol. The van der Waals surface area contributed by atoms with Crippen LogP contribution in [0.15, 0.2) is 30.3 Å². The van der Waals surface area contributed by atoms with E-state index in [0.717, 1.165) is 6.42 Å². The molecular weight excluding hydrogens is 158 g/mol. The lowest BCUT2D eigenvalue weighted by atomic mass is 10.0. The van der Waals surface area contributed by atoms with Gasteiger partial charge in [0.2, 0.25) is 0 Å². The van der Waals surface area contributed by atoms with Gasteiger partial charge in [-0.15, -0.1) is 0 Å². The second kappa shape index (κ2) is 4.70. The van der Waals surface area contributed by atoms with Gasteiger partial charge in [0.05, 0.1) is 0 Å². The Labute approximate surface area is 80.5 Å². The fourth-order valence-corrected chi connectivity index (χ4v) is 1.53. The third-order valence-electron chi connectivity index (χ3n) is 2.27. The van der Waals surface area contributed by atoms with Gasteiger partial charge in [-0.3, -0.25) is 0 Å². The van der Waals surface area contributed by atoms with E-state index in [1.54, 1.807) is 0 Å². The van der Waals surface area contributed by atoms with E-state index in [1.807, 2.05) is 7.05 Å². The number of para-hydroxylation sites is 1. The van der Waals surface area contributed by atoms with Crippen LogP contribution in [0, 0.1) is 0 Å². The van der Waals surface area contributed by atoms with E-state index in [2.05, 4.69) is 49.5 Å². The largest absolute Gasteiger partial charge is 0.388 e. The van der Waals surface area contributed by atoms with E-state index < -0.39 is 0 Å². The summed E-state index contributed by atoms with van der Waals surface area (Å²) in [6.07, 6.45) is 3.26. The molecule has 0 saturated carbocycles. The van der Waals surface area contributed by atoms with Crippen LogP contribution in [0.1, 0.15) is 25.8 Å². The first-order chi connectivity index (χ1) is 6.33. The van der Waals surface area contributed by atoms with Crippen molar-refractivity contribution in [3.8, 4) is 0 Å². The van der Waals surface area contributed by atoms with Crippen molar-refractivity contribution in [2.45, 2.75) is 20.3 Å². The average Bonchev–Trinajstić information content (AvgIpc) is 2.20. The molecule has 1 aromatic carbocycles. The van der Waals surface area contributed by atoms with Crippen molar-refractivity contribution in [2.24, 2.45) is 0 Å². The van der Waals surface area contributed by atoms with Crippen LogP contribution in [-0.2, 0) is 0 Å². The SMILES string of the molecule is C/C=C(/CC)c1ccccc1NC. The van der Waals surface area contributed by atoms with Crippen molar-refractivity contribution in [1.29, 1.82) is 0 Å². The Kier molecular flexibility index (Phi) is 3.56. The van der Waals surface area contributed by atoms with Gasteiger partial charge < -0.3 is 5.32 Å². The van der Waals surface area contributed by atoms with Crippen molar-refractivity contribution in [3.05, 3.63) is 35.9 Å². The minimum Gasteiger partial charge on any atom is -0.388 e. The minimum absolute atomic E-state index is 1.08. The molecule has 0 atom stereocenters. The van der Waals surface area contributed by atoms with Gasteiger partial charge in [-0.05, 0) is 25.0 Å². The topological polar surface area (TPSA) is 12.0 Å². The lowest BCUT2D eigenvalue weighted by molar-refractivity contribution is 1.23. The number of rotatable bonds is 3. The molecule has 70 valence electrons. The maximum Gasteiger partial charge on any atom is 0.0413 e. The summed E-state index contributed by atoms with van der Waals surface area (Å²) >= 11 is 0. The highest BCUT2D eigenvalue weighted by atomic mass is 14.8. The summed E-state index contributed by atoms with van der Waals surface area (Å²) in [5.74, 6) is 0. The zero-order chi connectivity index (χ0) is 9.68. The molecule has 0 heterocycles. The van der Waals surface area contributed by atoms with E-state index in [1.165, 1.54) is 16.8 Å². The molecule has 1 N–H and O–H groups in total. The number of anilines is 1. The highest BCUT2D eigenvalue weighted by molar-refractivity contribution is 5.75. The molecule has 0 saturated heterocycles. The Morgan fingerprint density at radius 3 is 2.62 bits per heavy atom. The summed E-state index contributed by atoms with van der Waals surface area (Å²) in [5.41, 5.74) is 3.91. The Bertz CT molecular complexity index is 300. The fraction of sp³-hybridized carbons (Fsp3) is 0.333. The maximum atomic E-state index is 3.20. The van der Waals surface area contributed by atoms with Crippen LogP contribution in [-0.4, -0.2) is 7.05 Å². The van der Waals surface area contributed by atoms with Gasteiger partial charge in [-0.2, -0.15) is 0 Å². The van der Waals surface area contributed by atoms with E-state index in [-0.39, 0.29) is 0 Å². The van der Waals surface area contributed by atoms with Crippen molar-refractivity contribution in [1.82, 2.24) is 0 Å². The molecule has 0 aliphatic heterocycles. The number of nitrogens with one attached hydrogen (secondary N) is 1. The van der Waals surface area contributed by atoms with Crippen LogP contribution >= 0.6 is 0 Å². The molecule has 0 aliphatic rings. The molecule has 0 aliphatic carbocycles. The highest BCUT2D eigenvalue weighted by Gasteiger charge is 2.02. The van der Waals surface area contributed by atoms with Crippen molar-refractivity contribution in [3.63, 3.8) is 0 Å². The Morgan fingerprint density at radius 1 is 1.38 bits per heavy atom. The number of allylic oxidation sites excluding steroid dienone is 2. The predicted molar refractivity (Wildman–Crippen MR) is 59.9 cm³/mol. The molecule has 0 aromatic heterocycles. The summed E-state index contributed by atoms with van der Waals surface area (Å²) in [4.78, 5) is 0. The Hall–Kier alpha value is -1.24. The molecule has 1 nitrogen and oxygen atoms in total. The smallest absolute Gasteiger partial charge is 0.0413 e. The van der Waals surface area contributed by atoms with E-state index in [9.17, 15) is 0 Å². The van der Waals surface area contributed by atoms with Crippen LogP contribution in [0.5, 0.6) is 0 Å². The third-order valence-corrected chi connectivity index (χ3v) is 2.27. The van der Waals surface area contributed by atoms with E-state index in [4.69, 9.17) is 0 Å². The van der Waals surface area contributed by atoms with Gasteiger partial charge in [0.15, 0.2) is 0 Å². The zero-order valence-electron chi connectivity index (χ0n) is 8.59. The van der Waals surface area contributed by atoms with Gasteiger partial charge in [0, 0.05) is 18.3 Å². The van der Waals surface area contributed by atoms with Crippen LogP contribution in [0.3, 0.4) is 0 Å². The van der Waals surface area contributed by atoms with Crippen molar-refractivity contribution < 1.29 is 0 Å². The summed E-state index contributed by atoms with van der Waals surface area (Å²) in [7, 11) is 1.96. The molecule has 1 heteroatoms. The van der Waals surface area contributed by atoms with Crippen LogP contribution in [0.25, 0.3) is 5.57 Å². The summed E-state index contributed by atoms with van der Waals surface area (Å²) in [6, 6.07) is 8.40. The van der Waals surface area contributed by atoms with E-state index in [0.29, 0.717) is 0 Å². The van der Waals surface area contributed by atoms with Gasteiger partial charge in [-0.1, -0.05) is 31.2 Å². The fourth-order valence-electron chi connectivity index (χ4n) is 1.53. The van der Waals surface area contributed by atoms with Crippen LogP contribution < -0.4 is 5.32 Å². The molecule has 0 amide bonds. The van der Waals surface area contributed by atoms with Gasteiger partial charge >= 0.3 is 0 Å². The van der Waals surface area contributed by atoms with Crippen molar-refractivity contribution >= 4 is 11.3 Å². The first kappa shape index (κ1) is 9.85. The second-order valence-corrected chi connectivity index (χ2v) is 2.96. The van der Waals surface area contributed by atoms with Crippen LogP contribution in [0.2, 0.25) is 0 Å². The lowest BCUT2D eigenvalue weighted by Gasteiger charge is -2.10. The lowest BCUT2D eigenvalue weighted by Crippen LogP contribution is -1.93. The molecule has 0 bridgehead atoms. The van der Waals surface area contributed by atoms with Gasteiger partial charge in [0.25, 0.3) is 0 Å². The standard InChI is InChI=1S/C12H17N/c1-4-10(5-2)11-8-6-7-9-12(11)13-3/h4,6-9,13H,5H2,1-3H3/b10-4-. The second-order valence-electron chi connectivity index (χ2n) is 2.96. The van der Waals surface area contributed by atoms with Crippen LogP contribution in [0.4, 0.5) is 5.69 Å². The van der Waals surface area contributed by atoms with Gasteiger partial charge in [0.1, 0.15) is 0 Å². The molecule has 0 radical (unpaired) electrons. The monoisotopic (exact) mass is 175 g/mol. The Balaban J connectivity index is 3.12. The molecule has 0 unspecified atom stereocenters. The third kappa shape index (κ3) is 2.11. The Morgan fingerprint density at radius 2 is 2.08 bits per heavy atom. The first-order valence-corrected chi connectivity index (χ1v) is 4.75. The molecule has 1 aromatic rings. The molecule has 0 spiro atoms. The minimum atomic E-state index is 1.08. The summed E-state index contributed by atoms with van der Waals surface area (Å²) in [6.45, 7) is 4.27. The first-order valence-electron chi connectivity index (χ1n) is 4.75. The molecule has 1 rings (SSSR count). The van der Waals surface area contributed by atoms with E-state index >= 15 is 0 Å². The molecular formula is C12H17N. The quantitative estimate of drug-likeness (QED) is 0.741. The normalized spacial score (nSPS) is 11.5. The highest BCUT2D eigenvalue weighted by Crippen LogP contribution is 2.25. The number of benzene rings is 1. The summed E-state index contributed by atoms with van der Waals surface area (Å²) < 4.78 is 0. The summed E-state index contributed by atoms with van der Waals surface area (Å²) in [5, 5.41) is 3.20. The molecule has 0 fully saturated rings. The maximum absolute atomic E-state index is 3.20. The van der Waals surface area contributed by atoms with Gasteiger partial charge in [-0.25, -0.2) is 0 Å². The molecule has 13 heavy (non-hydrogen) atoms.